The summed E-state index contributed by atoms with van der Waals surface area (Å²) in [5.74, 6) is -4.40. The lowest BCUT2D eigenvalue weighted by Crippen LogP contribution is -2.49. The van der Waals surface area contributed by atoms with Crippen molar-refractivity contribution in [1.82, 2.24) is 9.88 Å². The average molecular weight is 747 g/mol. The van der Waals surface area contributed by atoms with Gasteiger partial charge in [-0.05, 0) is 72.6 Å². The predicted molar refractivity (Wildman–Crippen MR) is 176 cm³/mol. The van der Waals surface area contributed by atoms with Crippen LogP contribution in [0.15, 0.2) is 56.8 Å². The molecule has 10 nitrogen and oxygen atoms in total. The number of thiazole rings is 1. The number of aromatic nitrogens is 1. The third-order valence-corrected chi connectivity index (χ3v) is 13.0. The molecule has 240 valence electrons. The fourth-order valence-electron chi connectivity index (χ4n) is 8.12. The number of likely N-dealkylation sites (tertiary alicyclic amines) is 1. The lowest BCUT2D eigenvalue weighted by atomic mass is 9.68. The Bertz CT molecular complexity index is 1830. The lowest BCUT2D eigenvalue weighted by Gasteiger charge is -2.43. The summed E-state index contributed by atoms with van der Waals surface area (Å²) >= 11 is 12.2. The number of nitrogens with one attached hydrogen (secondary N) is 2. The fourth-order valence-corrected chi connectivity index (χ4v) is 11.5. The van der Waals surface area contributed by atoms with Crippen molar-refractivity contribution in [2.24, 2.45) is 35.5 Å². The molecule has 3 N–H and O–H groups in total. The van der Waals surface area contributed by atoms with Crippen molar-refractivity contribution in [2.45, 2.75) is 42.5 Å². The smallest absolute Gasteiger partial charge is 0.327 e. The van der Waals surface area contributed by atoms with E-state index in [-0.39, 0.29) is 46.3 Å². The molecular formula is C32H29BrClN3O7S2. The van der Waals surface area contributed by atoms with Gasteiger partial charge in [-0.15, -0.1) is 11.8 Å². The zero-order valence-electron chi connectivity index (χ0n) is 24.6. The van der Waals surface area contributed by atoms with E-state index in [4.69, 9.17) is 16.3 Å². The number of carbonyl (C=O) groups excluding carboxylic acids is 3. The van der Waals surface area contributed by atoms with Crippen LogP contribution in [0.2, 0.25) is 5.02 Å². The summed E-state index contributed by atoms with van der Waals surface area (Å²) in [6.07, 6.45) is 0.659. The maximum Gasteiger partial charge on any atom is 0.327 e. The Morgan fingerprint density at radius 2 is 1.80 bits per heavy atom. The number of nitrogens with zero attached hydrogens (tertiary/aromatic N) is 1. The molecule has 1 saturated heterocycles. The van der Waals surface area contributed by atoms with E-state index in [0.717, 1.165) is 36.2 Å². The number of benzene rings is 2. The number of hydrogen-bond donors (Lipinski definition) is 3. The first-order valence-corrected chi connectivity index (χ1v) is 17.8. The number of ether oxygens (including phenoxy) is 1. The Labute approximate surface area is 285 Å². The molecule has 2 aromatic carbocycles. The molecule has 8 atom stereocenters. The molecule has 2 aliphatic heterocycles. The van der Waals surface area contributed by atoms with Gasteiger partial charge in [0.05, 0.1) is 16.9 Å². The number of carboxylic acids is 1. The van der Waals surface area contributed by atoms with Gasteiger partial charge >= 0.3 is 10.8 Å². The van der Waals surface area contributed by atoms with Crippen LogP contribution in [0.3, 0.4) is 0 Å². The van der Waals surface area contributed by atoms with Crippen LogP contribution in [0.1, 0.15) is 36.6 Å². The monoisotopic (exact) mass is 745 g/mol. The van der Waals surface area contributed by atoms with Gasteiger partial charge < -0.3 is 20.1 Å². The molecule has 2 aliphatic carbocycles. The standard InChI is InChI=1S/C32H29BrClN3O7S2/c1-12(2)25(31(41)42)37-29(39)23-17-10-18(24(23)30(37)40)26-22(17)21(27-28(45-26)36-32(43)46-27)16-9-13(33)3-8-19(16)44-11-20(38)35-15-6-4-14(34)5-7-15/h3-9,12,17-18,21-26H,10-11H2,1-2H3,(H,35,38)(H,36,43)(H,41,42)/t17?,18?,21-,22?,23?,24?,25?,26?/m1/s1. The molecule has 0 radical (unpaired) electrons. The fraction of sp³-hybridized carbons (Fsp3) is 0.406. The van der Waals surface area contributed by atoms with Crippen molar-refractivity contribution in [1.29, 1.82) is 0 Å². The maximum absolute atomic E-state index is 14.0. The van der Waals surface area contributed by atoms with Gasteiger partial charge in [0, 0.05) is 36.8 Å². The molecule has 2 bridgehead atoms. The second kappa shape index (κ2) is 11.8. The van der Waals surface area contributed by atoms with Gasteiger partial charge in [0.15, 0.2) is 6.61 Å². The summed E-state index contributed by atoms with van der Waals surface area (Å²) in [7, 11) is 0. The molecule has 3 heterocycles. The molecule has 7 unspecified atom stereocenters. The lowest BCUT2D eigenvalue weighted by molar-refractivity contribution is -0.157. The van der Waals surface area contributed by atoms with Crippen LogP contribution in [-0.4, -0.2) is 56.6 Å². The van der Waals surface area contributed by atoms with Crippen molar-refractivity contribution in [3.63, 3.8) is 0 Å². The van der Waals surface area contributed by atoms with E-state index in [0.29, 0.717) is 22.9 Å². The highest BCUT2D eigenvalue weighted by molar-refractivity contribution is 9.10. The van der Waals surface area contributed by atoms with Crippen LogP contribution >= 0.6 is 50.6 Å². The summed E-state index contributed by atoms with van der Waals surface area (Å²) in [4.78, 5) is 70.2. The third-order valence-electron chi connectivity index (χ3n) is 9.71. The van der Waals surface area contributed by atoms with E-state index in [1.54, 1.807) is 55.9 Å². The number of thioether (sulfide) groups is 1. The second-order valence-electron chi connectivity index (χ2n) is 12.6. The number of hydrogen-bond acceptors (Lipinski definition) is 8. The Balaban J connectivity index is 1.24. The van der Waals surface area contributed by atoms with E-state index >= 15 is 0 Å². The minimum atomic E-state index is -1.22. The number of amides is 3. The largest absolute Gasteiger partial charge is 0.483 e. The van der Waals surface area contributed by atoms with Crippen molar-refractivity contribution in [3.05, 3.63) is 72.1 Å². The number of halogens is 2. The number of imide groups is 1. The van der Waals surface area contributed by atoms with Crippen LogP contribution in [0.5, 0.6) is 5.75 Å². The zero-order chi connectivity index (χ0) is 32.6. The molecule has 4 aliphatic rings. The predicted octanol–water partition coefficient (Wildman–Crippen LogP) is 5.45. The van der Waals surface area contributed by atoms with Crippen LogP contribution < -0.4 is 14.9 Å². The number of fused-ring (bicyclic) bond motifs is 9. The van der Waals surface area contributed by atoms with Crippen molar-refractivity contribution >= 4 is 80.0 Å². The van der Waals surface area contributed by atoms with Gasteiger partial charge in [-0.3, -0.25) is 24.1 Å². The minimum absolute atomic E-state index is 0.0898. The van der Waals surface area contributed by atoms with E-state index in [9.17, 15) is 29.1 Å². The summed E-state index contributed by atoms with van der Waals surface area (Å²) in [5, 5.41) is 14.0. The van der Waals surface area contributed by atoms with Gasteiger partial charge in [0.1, 0.15) is 11.8 Å². The molecule has 3 fully saturated rings. The van der Waals surface area contributed by atoms with Crippen molar-refractivity contribution in [3.8, 4) is 5.75 Å². The van der Waals surface area contributed by atoms with Gasteiger partial charge in [-0.1, -0.05) is 52.7 Å². The molecule has 46 heavy (non-hydrogen) atoms. The summed E-state index contributed by atoms with van der Waals surface area (Å²) in [5.41, 5.74) is 1.34. The highest BCUT2D eigenvalue weighted by atomic mass is 79.9. The van der Waals surface area contributed by atoms with E-state index in [2.05, 4.69) is 26.2 Å². The zero-order valence-corrected chi connectivity index (χ0v) is 28.5. The number of H-pyrrole nitrogens is 1. The Hall–Kier alpha value is -3.13. The third kappa shape index (κ3) is 5.10. The maximum atomic E-state index is 14.0. The first-order valence-electron chi connectivity index (χ1n) is 14.9. The van der Waals surface area contributed by atoms with Crippen molar-refractivity contribution < 1.29 is 29.0 Å². The molecule has 3 aromatic rings. The minimum Gasteiger partial charge on any atom is -0.483 e. The van der Waals surface area contributed by atoms with E-state index in [1.807, 2.05) is 12.1 Å². The van der Waals surface area contributed by atoms with E-state index < -0.39 is 41.6 Å². The van der Waals surface area contributed by atoms with Gasteiger partial charge in [0.2, 0.25) is 11.8 Å². The Morgan fingerprint density at radius 1 is 1.11 bits per heavy atom. The summed E-state index contributed by atoms with van der Waals surface area (Å²) < 4.78 is 6.91. The number of anilines is 1. The van der Waals surface area contributed by atoms with Crippen LogP contribution in [0, 0.1) is 35.5 Å². The first kappa shape index (κ1) is 31.5. The van der Waals surface area contributed by atoms with Gasteiger partial charge in [-0.25, -0.2) is 4.79 Å². The normalized spacial score (nSPS) is 28.2. The van der Waals surface area contributed by atoms with Crippen LogP contribution in [0.25, 0.3) is 0 Å². The topological polar surface area (TPSA) is 146 Å². The van der Waals surface area contributed by atoms with Gasteiger partial charge in [0.25, 0.3) is 5.91 Å². The second-order valence-corrected chi connectivity index (χ2v) is 16.1. The summed E-state index contributed by atoms with van der Waals surface area (Å²) in [6, 6.07) is 11.0. The molecule has 1 aromatic heterocycles. The number of carboxylic acid groups (broad SMARTS) is 1. The molecule has 7 rings (SSSR count). The number of carbonyl (C=O) groups is 4. The van der Waals surface area contributed by atoms with E-state index in [1.165, 1.54) is 0 Å². The average Bonchev–Trinajstić information content (AvgIpc) is 3.73. The molecule has 3 amide bonds. The number of aromatic amines is 1. The van der Waals surface area contributed by atoms with Crippen LogP contribution in [-0.2, 0) is 19.2 Å². The first-order chi connectivity index (χ1) is 21.9. The molecule has 2 saturated carbocycles. The molecule has 14 heteroatoms. The number of rotatable bonds is 8. The quantitative estimate of drug-likeness (QED) is 0.258. The highest BCUT2D eigenvalue weighted by Crippen LogP contribution is 2.69. The Morgan fingerprint density at radius 3 is 2.48 bits per heavy atom. The molecular weight excluding hydrogens is 718 g/mol. The Kier molecular flexibility index (Phi) is 8.10. The number of aliphatic carboxylic acids is 1. The van der Waals surface area contributed by atoms with Crippen LogP contribution in [0.4, 0.5) is 5.69 Å². The highest BCUT2D eigenvalue weighted by Gasteiger charge is 2.70. The summed E-state index contributed by atoms with van der Waals surface area (Å²) in [6.45, 7) is 3.13. The molecule has 0 spiro atoms. The van der Waals surface area contributed by atoms with Gasteiger partial charge in [-0.2, -0.15) is 0 Å². The van der Waals surface area contributed by atoms with Crippen molar-refractivity contribution in [2.75, 3.05) is 11.9 Å². The SMILES string of the molecule is CC(C)C(C(=O)O)N1C(=O)C2C3CC(C2C1=O)C1C3Sc2[nH]c(=O)sc2[C@@H]1c1cc(Br)ccc1OCC(=O)Nc1ccc(Cl)cc1.